The van der Waals surface area contributed by atoms with E-state index in [2.05, 4.69) is 4.72 Å². The van der Waals surface area contributed by atoms with Gasteiger partial charge >= 0.3 is 0 Å². The van der Waals surface area contributed by atoms with Gasteiger partial charge in [0.15, 0.2) is 0 Å². The van der Waals surface area contributed by atoms with Crippen LogP contribution in [0.5, 0.6) is 5.75 Å². The fourth-order valence-corrected chi connectivity index (χ4v) is 4.44. The van der Waals surface area contributed by atoms with Gasteiger partial charge in [-0.05, 0) is 37.0 Å². The topological polar surface area (TPSA) is 81.4 Å². The molecule has 1 aliphatic carbocycles. The zero-order valence-corrected chi connectivity index (χ0v) is 14.8. The molecule has 0 radical (unpaired) electrons. The summed E-state index contributed by atoms with van der Waals surface area (Å²) in [7, 11) is -2.14. The maximum atomic E-state index is 12.4. The number of hydrogen-bond donors (Lipinski definition) is 2. The van der Waals surface area contributed by atoms with Gasteiger partial charge in [0, 0.05) is 12.6 Å². The fourth-order valence-electron chi connectivity index (χ4n) is 2.78. The minimum absolute atomic E-state index is 0. The maximum absolute atomic E-state index is 12.4. The second-order valence-corrected chi connectivity index (χ2v) is 7.43. The molecule has 0 aliphatic heterocycles. The van der Waals surface area contributed by atoms with Gasteiger partial charge in [-0.15, -0.1) is 12.4 Å². The normalized spacial score (nSPS) is 17.0. The molecule has 8 heteroatoms. The van der Waals surface area contributed by atoms with Crippen LogP contribution in [-0.4, -0.2) is 28.1 Å². The SMILES string of the molecule is COc1ccc(S(=O)(=O)NC(CN)C2CCCC2)cc1Cl.Cl. The van der Waals surface area contributed by atoms with Crippen LogP contribution in [0, 0.1) is 5.92 Å². The highest BCUT2D eigenvalue weighted by molar-refractivity contribution is 7.89. The van der Waals surface area contributed by atoms with Crippen molar-refractivity contribution in [2.45, 2.75) is 36.6 Å². The van der Waals surface area contributed by atoms with Crippen LogP contribution in [0.15, 0.2) is 23.1 Å². The van der Waals surface area contributed by atoms with Gasteiger partial charge in [0.2, 0.25) is 10.0 Å². The lowest BCUT2D eigenvalue weighted by Crippen LogP contribution is -2.44. The van der Waals surface area contributed by atoms with Gasteiger partial charge in [0.05, 0.1) is 17.0 Å². The molecule has 0 heterocycles. The van der Waals surface area contributed by atoms with Crippen LogP contribution >= 0.6 is 24.0 Å². The lowest BCUT2D eigenvalue weighted by Gasteiger charge is -2.23. The molecule has 1 aromatic rings. The van der Waals surface area contributed by atoms with Crippen molar-refractivity contribution in [3.63, 3.8) is 0 Å². The Labute approximate surface area is 143 Å². The van der Waals surface area contributed by atoms with Crippen molar-refractivity contribution >= 4 is 34.0 Å². The maximum Gasteiger partial charge on any atom is 0.240 e. The molecule has 0 spiro atoms. The van der Waals surface area contributed by atoms with Crippen molar-refractivity contribution in [2.24, 2.45) is 11.7 Å². The lowest BCUT2D eigenvalue weighted by molar-refractivity contribution is 0.405. The summed E-state index contributed by atoms with van der Waals surface area (Å²) in [6.07, 6.45) is 4.32. The number of nitrogens with one attached hydrogen (secondary N) is 1. The molecule has 22 heavy (non-hydrogen) atoms. The van der Waals surface area contributed by atoms with E-state index >= 15 is 0 Å². The second kappa shape index (κ2) is 8.36. The smallest absolute Gasteiger partial charge is 0.240 e. The molecule has 1 atom stereocenters. The number of nitrogens with two attached hydrogens (primary N) is 1. The van der Waals surface area contributed by atoms with Gasteiger partial charge in [0.25, 0.3) is 0 Å². The summed E-state index contributed by atoms with van der Waals surface area (Å²) >= 11 is 5.99. The Morgan fingerprint density at radius 2 is 2.05 bits per heavy atom. The highest BCUT2D eigenvalue weighted by Gasteiger charge is 2.28. The van der Waals surface area contributed by atoms with Crippen molar-refractivity contribution in [1.82, 2.24) is 4.72 Å². The van der Waals surface area contributed by atoms with Crippen molar-refractivity contribution in [1.29, 1.82) is 0 Å². The van der Waals surface area contributed by atoms with Crippen LogP contribution in [0.4, 0.5) is 0 Å². The summed E-state index contributed by atoms with van der Waals surface area (Å²) < 4.78 is 32.6. The molecule has 1 fully saturated rings. The number of rotatable bonds is 6. The number of sulfonamides is 1. The molecule has 3 N–H and O–H groups in total. The van der Waals surface area contributed by atoms with Gasteiger partial charge < -0.3 is 10.5 Å². The molecular formula is C14H22Cl2N2O3S. The Bertz CT molecular complexity index is 590. The van der Waals surface area contributed by atoms with E-state index in [1.54, 1.807) is 6.07 Å². The summed E-state index contributed by atoms with van der Waals surface area (Å²) in [6.45, 7) is 0.299. The average Bonchev–Trinajstić information content (AvgIpc) is 2.98. The number of hydrogen-bond acceptors (Lipinski definition) is 4. The molecule has 0 aromatic heterocycles. The quantitative estimate of drug-likeness (QED) is 0.808. The Balaban J connectivity index is 0.00000242. The van der Waals surface area contributed by atoms with Gasteiger partial charge in [0.1, 0.15) is 5.75 Å². The van der Waals surface area contributed by atoms with Crippen LogP contribution in [0.1, 0.15) is 25.7 Å². The van der Waals surface area contributed by atoms with E-state index in [1.165, 1.54) is 19.2 Å². The van der Waals surface area contributed by atoms with Crippen molar-refractivity contribution < 1.29 is 13.2 Å². The Hall–Kier alpha value is -0.530. The molecule has 126 valence electrons. The first-order chi connectivity index (χ1) is 9.97. The summed E-state index contributed by atoms with van der Waals surface area (Å²) in [5.41, 5.74) is 5.74. The highest BCUT2D eigenvalue weighted by atomic mass is 35.5. The van der Waals surface area contributed by atoms with Crippen molar-refractivity contribution in [3.05, 3.63) is 23.2 Å². The molecule has 0 bridgehead atoms. The largest absolute Gasteiger partial charge is 0.495 e. The van der Waals surface area contributed by atoms with E-state index in [0.29, 0.717) is 18.2 Å². The molecule has 1 unspecified atom stereocenters. The molecule has 0 saturated heterocycles. The zero-order chi connectivity index (χ0) is 15.5. The third kappa shape index (κ3) is 4.49. The van der Waals surface area contributed by atoms with E-state index in [0.717, 1.165) is 25.7 Å². The number of methoxy groups -OCH3 is 1. The fraction of sp³-hybridized carbons (Fsp3) is 0.571. The van der Waals surface area contributed by atoms with Gasteiger partial charge in [-0.25, -0.2) is 13.1 Å². The second-order valence-electron chi connectivity index (χ2n) is 5.30. The van der Waals surface area contributed by atoms with E-state index < -0.39 is 10.0 Å². The zero-order valence-electron chi connectivity index (χ0n) is 12.4. The monoisotopic (exact) mass is 368 g/mol. The summed E-state index contributed by atoms with van der Waals surface area (Å²) in [4.78, 5) is 0.129. The molecule has 1 aliphatic rings. The molecule has 1 aromatic carbocycles. The molecule has 0 amide bonds. The number of halogens is 2. The van der Waals surface area contributed by atoms with Crippen molar-refractivity contribution in [3.8, 4) is 5.75 Å². The van der Waals surface area contributed by atoms with Crippen molar-refractivity contribution in [2.75, 3.05) is 13.7 Å². The number of ether oxygens (including phenoxy) is 1. The van der Waals surface area contributed by atoms with Crippen LogP contribution < -0.4 is 15.2 Å². The predicted octanol–water partition coefficient (Wildman–Crippen LogP) is 2.57. The van der Waals surface area contributed by atoms with E-state index in [4.69, 9.17) is 22.1 Å². The molecule has 2 rings (SSSR count). The minimum Gasteiger partial charge on any atom is -0.495 e. The van der Waals surface area contributed by atoms with E-state index in [1.807, 2.05) is 0 Å². The molecular weight excluding hydrogens is 347 g/mol. The van der Waals surface area contributed by atoms with Crippen LogP contribution in [-0.2, 0) is 10.0 Å². The standard InChI is InChI=1S/C14H21ClN2O3S.ClH/c1-20-14-7-6-11(8-12(14)15)21(18,19)17-13(9-16)10-4-2-3-5-10;/h6-8,10,13,17H,2-5,9,16H2,1H3;1H. The average molecular weight is 369 g/mol. The first-order valence-corrected chi connectivity index (χ1v) is 8.90. The Kier molecular flexibility index (Phi) is 7.41. The lowest BCUT2D eigenvalue weighted by atomic mass is 9.99. The third-order valence-corrected chi connectivity index (χ3v) is 5.75. The Morgan fingerprint density at radius 1 is 1.41 bits per heavy atom. The Morgan fingerprint density at radius 3 is 2.55 bits per heavy atom. The minimum atomic E-state index is -3.63. The van der Waals surface area contributed by atoms with E-state index in [9.17, 15) is 8.42 Å². The highest BCUT2D eigenvalue weighted by Crippen LogP contribution is 2.30. The molecule has 1 saturated carbocycles. The third-order valence-electron chi connectivity index (χ3n) is 3.96. The van der Waals surface area contributed by atoms with Crippen LogP contribution in [0.2, 0.25) is 5.02 Å². The summed E-state index contributed by atoms with van der Waals surface area (Å²) in [6, 6.07) is 4.20. The van der Waals surface area contributed by atoms with Crippen LogP contribution in [0.25, 0.3) is 0 Å². The van der Waals surface area contributed by atoms with E-state index in [-0.39, 0.29) is 28.4 Å². The summed E-state index contributed by atoms with van der Waals surface area (Å²) in [5, 5.41) is 0.269. The van der Waals surface area contributed by atoms with Crippen LogP contribution in [0.3, 0.4) is 0 Å². The first kappa shape index (κ1) is 19.5. The van der Waals surface area contributed by atoms with Gasteiger partial charge in [-0.1, -0.05) is 24.4 Å². The predicted molar refractivity (Wildman–Crippen MR) is 90.4 cm³/mol. The van der Waals surface area contributed by atoms with Gasteiger partial charge in [-0.2, -0.15) is 0 Å². The number of benzene rings is 1. The first-order valence-electron chi connectivity index (χ1n) is 7.04. The molecule has 5 nitrogen and oxygen atoms in total. The summed E-state index contributed by atoms with van der Waals surface area (Å²) in [5.74, 6) is 0.764. The van der Waals surface area contributed by atoms with Gasteiger partial charge in [-0.3, -0.25) is 0 Å².